The highest BCUT2D eigenvalue weighted by molar-refractivity contribution is 5.14. The fourth-order valence-electron chi connectivity index (χ4n) is 0.825. The Morgan fingerprint density at radius 2 is 2.45 bits per heavy atom. The predicted octanol–water partition coefficient (Wildman–Crippen LogP) is 0.806. The monoisotopic (exact) mass is 150 g/mol. The summed E-state index contributed by atoms with van der Waals surface area (Å²) >= 11 is 0. The molecule has 0 N–H and O–H groups in total. The van der Waals surface area contributed by atoms with Crippen LogP contribution in [0, 0.1) is 17.2 Å². The first kappa shape index (κ1) is 7.73. The molecule has 0 aliphatic rings. The van der Waals surface area contributed by atoms with Crippen molar-refractivity contribution in [2.45, 2.75) is 20.4 Å². The molecule has 0 saturated heterocycles. The van der Waals surface area contributed by atoms with Crippen LogP contribution in [0.25, 0.3) is 0 Å². The highest BCUT2D eigenvalue weighted by atomic mass is 15.4. The lowest BCUT2D eigenvalue weighted by atomic mass is 10.2. The lowest BCUT2D eigenvalue weighted by molar-refractivity contribution is 0.468. The predicted molar refractivity (Wildman–Crippen MR) is 39.6 cm³/mol. The first-order valence-corrected chi connectivity index (χ1v) is 3.52. The molecule has 0 unspecified atom stereocenters. The minimum absolute atomic E-state index is 0.490. The third-order valence-corrected chi connectivity index (χ3v) is 1.27. The van der Waals surface area contributed by atoms with Crippen LogP contribution < -0.4 is 0 Å². The first-order valence-electron chi connectivity index (χ1n) is 3.52. The molecule has 58 valence electrons. The molecule has 0 fully saturated rings. The molecule has 0 aliphatic carbocycles. The summed E-state index contributed by atoms with van der Waals surface area (Å²) in [5, 5.41) is 16.0. The van der Waals surface area contributed by atoms with Crippen LogP contribution in [0.5, 0.6) is 0 Å². The Kier molecular flexibility index (Phi) is 2.21. The van der Waals surface area contributed by atoms with E-state index < -0.39 is 0 Å². The van der Waals surface area contributed by atoms with Crippen LogP contribution >= 0.6 is 0 Å². The van der Waals surface area contributed by atoms with Gasteiger partial charge in [-0.15, -0.1) is 5.10 Å². The third-order valence-electron chi connectivity index (χ3n) is 1.27. The van der Waals surface area contributed by atoms with Gasteiger partial charge in [-0.2, -0.15) is 5.26 Å². The molecular formula is C7H10N4. The SMILES string of the molecule is CC(C)Cn1nncc1C#N. The molecule has 1 aromatic rings. The topological polar surface area (TPSA) is 54.5 Å². The molecule has 0 spiro atoms. The van der Waals surface area contributed by atoms with E-state index in [9.17, 15) is 0 Å². The van der Waals surface area contributed by atoms with Crippen LogP contribution in [0.15, 0.2) is 6.20 Å². The first-order chi connectivity index (χ1) is 5.24. The summed E-state index contributed by atoms with van der Waals surface area (Å²) in [4.78, 5) is 0. The van der Waals surface area contributed by atoms with Crippen molar-refractivity contribution in [3.05, 3.63) is 11.9 Å². The molecule has 0 radical (unpaired) electrons. The Morgan fingerprint density at radius 3 is 3.00 bits per heavy atom. The normalized spacial score (nSPS) is 10.0. The summed E-state index contributed by atoms with van der Waals surface area (Å²) in [6, 6.07) is 2.02. The zero-order valence-corrected chi connectivity index (χ0v) is 6.65. The van der Waals surface area contributed by atoms with Crippen LogP contribution in [0.1, 0.15) is 19.5 Å². The number of aromatic nitrogens is 3. The molecule has 4 nitrogen and oxygen atoms in total. The number of hydrogen-bond acceptors (Lipinski definition) is 3. The molecule has 4 heteroatoms. The summed E-state index contributed by atoms with van der Waals surface area (Å²) in [5.41, 5.74) is 0.527. The van der Waals surface area contributed by atoms with Crippen LogP contribution in [0.4, 0.5) is 0 Å². The lowest BCUT2D eigenvalue weighted by Crippen LogP contribution is -2.08. The average molecular weight is 150 g/mol. The third kappa shape index (κ3) is 1.77. The number of nitriles is 1. The molecule has 11 heavy (non-hydrogen) atoms. The van der Waals surface area contributed by atoms with E-state index in [2.05, 4.69) is 24.2 Å². The molecule has 0 aliphatic heterocycles. The van der Waals surface area contributed by atoms with E-state index in [-0.39, 0.29) is 0 Å². The van der Waals surface area contributed by atoms with Gasteiger partial charge in [0.1, 0.15) is 6.07 Å². The highest BCUT2D eigenvalue weighted by Gasteiger charge is 2.03. The Morgan fingerprint density at radius 1 is 1.73 bits per heavy atom. The molecule has 0 atom stereocenters. The summed E-state index contributed by atoms with van der Waals surface area (Å²) in [6.45, 7) is 4.90. The van der Waals surface area contributed by atoms with Gasteiger partial charge < -0.3 is 0 Å². The maximum atomic E-state index is 8.57. The van der Waals surface area contributed by atoms with Crippen LogP contribution in [-0.2, 0) is 6.54 Å². The van der Waals surface area contributed by atoms with Gasteiger partial charge in [0, 0.05) is 6.54 Å². The van der Waals surface area contributed by atoms with E-state index in [1.807, 2.05) is 6.07 Å². The standard InChI is InChI=1S/C7H10N4/c1-6(2)5-11-7(3-8)4-9-10-11/h4,6H,5H2,1-2H3. The summed E-state index contributed by atoms with van der Waals surface area (Å²) in [6.07, 6.45) is 1.47. The zero-order valence-electron chi connectivity index (χ0n) is 6.65. The van der Waals surface area contributed by atoms with E-state index in [1.54, 1.807) is 4.68 Å². The maximum Gasteiger partial charge on any atom is 0.158 e. The van der Waals surface area contributed by atoms with Crippen molar-refractivity contribution in [3.8, 4) is 6.07 Å². The van der Waals surface area contributed by atoms with Crippen molar-refractivity contribution in [3.63, 3.8) is 0 Å². The van der Waals surface area contributed by atoms with Crippen molar-refractivity contribution in [2.75, 3.05) is 0 Å². The van der Waals surface area contributed by atoms with Gasteiger partial charge >= 0.3 is 0 Å². The van der Waals surface area contributed by atoms with E-state index in [0.717, 1.165) is 6.54 Å². The second-order valence-electron chi connectivity index (χ2n) is 2.81. The second-order valence-corrected chi connectivity index (χ2v) is 2.81. The summed E-state index contributed by atoms with van der Waals surface area (Å²) in [5.74, 6) is 0.490. The fraction of sp³-hybridized carbons (Fsp3) is 0.571. The van der Waals surface area contributed by atoms with E-state index >= 15 is 0 Å². The Hall–Kier alpha value is -1.37. The van der Waals surface area contributed by atoms with Crippen molar-refractivity contribution in [2.24, 2.45) is 5.92 Å². The van der Waals surface area contributed by atoms with E-state index in [4.69, 9.17) is 5.26 Å². The Labute approximate surface area is 65.4 Å². The van der Waals surface area contributed by atoms with E-state index in [0.29, 0.717) is 11.6 Å². The van der Waals surface area contributed by atoms with Gasteiger partial charge in [-0.25, -0.2) is 4.68 Å². The van der Waals surface area contributed by atoms with Gasteiger partial charge in [0.05, 0.1) is 6.20 Å². The zero-order chi connectivity index (χ0) is 8.27. The van der Waals surface area contributed by atoms with Crippen LogP contribution in [0.2, 0.25) is 0 Å². The Balaban J connectivity index is 2.79. The van der Waals surface area contributed by atoms with Crippen LogP contribution in [0.3, 0.4) is 0 Å². The molecule has 0 saturated carbocycles. The lowest BCUT2D eigenvalue weighted by Gasteiger charge is -2.03. The minimum Gasteiger partial charge on any atom is -0.234 e. The summed E-state index contributed by atoms with van der Waals surface area (Å²) < 4.78 is 1.62. The van der Waals surface area contributed by atoms with Crippen molar-refractivity contribution in [1.82, 2.24) is 15.0 Å². The van der Waals surface area contributed by atoms with Gasteiger partial charge in [0.15, 0.2) is 5.69 Å². The van der Waals surface area contributed by atoms with Crippen molar-refractivity contribution < 1.29 is 0 Å². The second kappa shape index (κ2) is 3.15. The molecule has 1 rings (SSSR count). The molecule has 0 amide bonds. The summed E-state index contributed by atoms with van der Waals surface area (Å²) in [7, 11) is 0. The van der Waals surface area contributed by atoms with Gasteiger partial charge in [-0.1, -0.05) is 19.1 Å². The highest BCUT2D eigenvalue weighted by Crippen LogP contribution is 1.99. The average Bonchev–Trinajstić information content (AvgIpc) is 2.34. The quantitative estimate of drug-likeness (QED) is 0.626. The number of hydrogen-bond donors (Lipinski definition) is 0. The van der Waals surface area contributed by atoms with Gasteiger partial charge in [-0.05, 0) is 5.92 Å². The van der Waals surface area contributed by atoms with Gasteiger partial charge in [-0.3, -0.25) is 0 Å². The Bertz CT molecular complexity index is 268. The molecule has 0 aromatic carbocycles. The molecule has 0 bridgehead atoms. The van der Waals surface area contributed by atoms with Crippen molar-refractivity contribution >= 4 is 0 Å². The fourth-order valence-corrected chi connectivity index (χ4v) is 0.825. The van der Waals surface area contributed by atoms with Gasteiger partial charge in [0.2, 0.25) is 0 Å². The van der Waals surface area contributed by atoms with E-state index in [1.165, 1.54) is 6.20 Å². The molecular weight excluding hydrogens is 140 g/mol. The number of rotatable bonds is 2. The molecule has 1 aromatic heterocycles. The number of nitrogens with zero attached hydrogens (tertiary/aromatic N) is 4. The largest absolute Gasteiger partial charge is 0.234 e. The van der Waals surface area contributed by atoms with Crippen molar-refractivity contribution in [1.29, 1.82) is 5.26 Å². The minimum atomic E-state index is 0.490. The van der Waals surface area contributed by atoms with Gasteiger partial charge in [0.25, 0.3) is 0 Å². The maximum absolute atomic E-state index is 8.57. The van der Waals surface area contributed by atoms with Crippen LogP contribution in [-0.4, -0.2) is 15.0 Å². The smallest absolute Gasteiger partial charge is 0.158 e. The molecule has 1 heterocycles.